The molecule has 6 nitrogen and oxygen atoms in total. The van der Waals surface area contributed by atoms with Crippen LogP contribution in [0.25, 0.3) is 0 Å². The van der Waals surface area contributed by atoms with Gasteiger partial charge >= 0.3 is 12.0 Å². The van der Waals surface area contributed by atoms with Crippen molar-refractivity contribution < 1.29 is 14.3 Å². The van der Waals surface area contributed by atoms with Gasteiger partial charge in [0.1, 0.15) is 6.26 Å². The second kappa shape index (κ2) is 4.52. The van der Waals surface area contributed by atoms with E-state index in [4.69, 9.17) is 15.4 Å². The van der Waals surface area contributed by atoms with Crippen LogP contribution in [0.4, 0.5) is 6.01 Å². The van der Waals surface area contributed by atoms with Gasteiger partial charge in [0, 0.05) is 6.04 Å². The lowest BCUT2D eigenvalue weighted by molar-refractivity contribution is 0.0690. The molecular formula is C10H15N3O3. The number of carboxylic acids is 1. The molecule has 88 valence electrons. The Bertz CT molecular complexity index is 371. The number of rotatable bonds is 3. The molecule has 0 radical (unpaired) electrons. The van der Waals surface area contributed by atoms with E-state index in [1.165, 1.54) is 11.4 Å². The Kier molecular flexibility index (Phi) is 3.09. The van der Waals surface area contributed by atoms with E-state index >= 15 is 0 Å². The highest BCUT2D eigenvalue weighted by atomic mass is 16.4. The lowest BCUT2D eigenvalue weighted by Gasteiger charge is -2.28. The van der Waals surface area contributed by atoms with Crippen molar-refractivity contribution in [3.63, 3.8) is 0 Å². The van der Waals surface area contributed by atoms with Crippen molar-refractivity contribution >= 4 is 12.0 Å². The third-order valence-corrected chi connectivity index (χ3v) is 2.90. The summed E-state index contributed by atoms with van der Waals surface area (Å²) in [5.74, 6) is 4.76. The Balaban J connectivity index is 2.07. The highest BCUT2D eigenvalue weighted by Crippen LogP contribution is 2.24. The molecule has 0 amide bonds. The standard InChI is InChI=1S/C10H15N3O3/c11-13(7-4-2-1-3-5-7)10-12-8(6-16-10)9(14)15/h6-7H,1-5,11H2,(H,14,15). The molecular weight excluding hydrogens is 210 g/mol. The van der Waals surface area contributed by atoms with Gasteiger partial charge in [-0.3, -0.25) is 5.01 Å². The monoisotopic (exact) mass is 225 g/mol. The fraction of sp³-hybridized carbons (Fsp3) is 0.600. The topological polar surface area (TPSA) is 92.6 Å². The summed E-state index contributed by atoms with van der Waals surface area (Å²) in [4.78, 5) is 14.5. The number of oxazole rings is 1. The van der Waals surface area contributed by atoms with Crippen LogP contribution in [0, 0.1) is 0 Å². The minimum atomic E-state index is -1.10. The van der Waals surface area contributed by atoms with Crippen LogP contribution in [-0.4, -0.2) is 22.1 Å². The van der Waals surface area contributed by atoms with Crippen LogP contribution in [0.1, 0.15) is 42.6 Å². The molecule has 16 heavy (non-hydrogen) atoms. The maximum Gasteiger partial charge on any atom is 0.357 e. The summed E-state index contributed by atoms with van der Waals surface area (Å²) in [7, 11) is 0. The molecule has 1 saturated carbocycles. The zero-order valence-electron chi connectivity index (χ0n) is 8.93. The average Bonchev–Trinajstić information content (AvgIpc) is 2.78. The van der Waals surface area contributed by atoms with E-state index in [-0.39, 0.29) is 17.8 Å². The predicted octanol–water partition coefficient (Wildman–Crippen LogP) is 1.39. The summed E-state index contributed by atoms with van der Waals surface area (Å²) in [6, 6.07) is 0.387. The minimum absolute atomic E-state index is 0.110. The van der Waals surface area contributed by atoms with Gasteiger partial charge in [0.15, 0.2) is 5.69 Å². The Morgan fingerprint density at radius 1 is 1.50 bits per heavy atom. The first-order chi connectivity index (χ1) is 7.68. The molecule has 2 rings (SSSR count). The van der Waals surface area contributed by atoms with Crippen LogP contribution in [0.5, 0.6) is 0 Å². The summed E-state index contributed by atoms with van der Waals surface area (Å²) in [6.07, 6.45) is 6.63. The predicted molar refractivity (Wildman–Crippen MR) is 57.0 cm³/mol. The van der Waals surface area contributed by atoms with Gasteiger partial charge < -0.3 is 9.52 Å². The van der Waals surface area contributed by atoms with E-state index in [1.54, 1.807) is 0 Å². The molecule has 1 aromatic rings. The number of hydrogen-bond donors (Lipinski definition) is 2. The summed E-state index contributed by atoms with van der Waals surface area (Å²) < 4.78 is 5.05. The Morgan fingerprint density at radius 3 is 2.75 bits per heavy atom. The summed E-state index contributed by atoms with van der Waals surface area (Å²) in [6.45, 7) is 0. The SMILES string of the molecule is NN(c1nc(C(=O)O)co1)C1CCCCC1. The van der Waals surface area contributed by atoms with Gasteiger partial charge in [-0.05, 0) is 12.8 Å². The minimum Gasteiger partial charge on any atom is -0.476 e. The Hall–Kier alpha value is -1.56. The Morgan fingerprint density at radius 2 is 2.19 bits per heavy atom. The van der Waals surface area contributed by atoms with Gasteiger partial charge in [-0.2, -0.15) is 4.98 Å². The van der Waals surface area contributed by atoms with Gasteiger partial charge in [-0.25, -0.2) is 10.6 Å². The van der Waals surface area contributed by atoms with Gasteiger partial charge in [-0.15, -0.1) is 0 Å². The number of nitrogens with two attached hydrogens (primary N) is 1. The van der Waals surface area contributed by atoms with Gasteiger partial charge in [0.05, 0.1) is 0 Å². The van der Waals surface area contributed by atoms with Gasteiger partial charge in [0.25, 0.3) is 0 Å². The first kappa shape index (κ1) is 10.9. The average molecular weight is 225 g/mol. The molecule has 0 unspecified atom stereocenters. The normalized spacial score (nSPS) is 17.3. The van der Waals surface area contributed by atoms with E-state index in [0.29, 0.717) is 0 Å². The number of hydrazine groups is 1. The van der Waals surface area contributed by atoms with Crippen LogP contribution >= 0.6 is 0 Å². The summed E-state index contributed by atoms with van der Waals surface area (Å²) >= 11 is 0. The summed E-state index contributed by atoms with van der Waals surface area (Å²) in [5, 5.41) is 10.2. The van der Waals surface area contributed by atoms with Crippen LogP contribution in [0.2, 0.25) is 0 Å². The van der Waals surface area contributed by atoms with Crippen LogP contribution in [0.3, 0.4) is 0 Å². The quantitative estimate of drug-likeness (QED) is 0.596. The molecule has 0 aliphatic heterocycles. The first-order valence-corrected chi connectivity index (χ1v) is 5.41. The van der Waals surface area contributed by atoms with E-state index in [2.05, 4.69) is 4.98 Å². The molecule has 1 aliphatic carbocycles. The van der Waals surface area contributed by atoms with E-state index in [0.717, 1.165) is 31.9 Å². The van der Waals surface area contributed by atoms with E-state index in [9.17, 15) is 4.79 Å². The number of carboxylic acid groups (broad SMARTS) is 1. The largest absolute Gasteiger partial charge is 0.476 e. The third kappa shape index (κ3) is 2.16. The van der Waals surface area contributed by atoms with Crippen molar-refractivity contribution in [1.29, 1.82) is 0 Å². The van der Waals surface area contributed by atoms with Crippen molar-refractivity contribution in [2.75, 3.05) is 5.01 Å². The van der Waals surface area contributed by atoms with Crippen molar-refractivity contribution in [2.45, 2.75) is 38.1 Å². The zero-order valence-corrected chi connectivity index (χ0v) is 8.93. The number of hydrogen-bond acceptors (Lipinski definition) is 5. The molecule has 1 fully saturated rings. The Labute approximate surface area is 93.0 Å². The number of nitrogens with zero attached hydrogens (tertiary/aromatic N) is 2. The van der Waals surface area contributed by atoms with Crippen LogP contribution in [0.15, 0.2) is 10.7 Å². The lowest BCUT2D eigenvalue weighted by Crippen LogP contribution is -2.42. The van der Waals surface area contributed by atoms with E-state index in [1.807, 2.05) is 0 Å². The molecule has 3 N–H and O–H groups in total. The van der Waals surface area contributed by atoms with Crippen LogP contribution in [-0.2, 0) is 0 Å². The van der Waals surface area contributed by atoms with Gasteiger partial charge in [-0.1, -0.05) is 19.3 Å². The second-order valence-electron chi connectivity index (χ2n) is 4.02. The maximum absolute atomic E-state index is 10.6. The zero-order chi connectivity index (χ0) is 11.5. The molecule has 0 atom stereocenters. The fourth-order valence-electron chi connectivity index (χ4n) is 2.00. The lowest BCUT2D eigenvalue weighted by atomic mass is 9.95. The fourth-order valence-corrected chi connectivity index (χ4v) is 2.00. The summed E-state index contributed by atoms with van der Waals surface area (Å²) in [5.41, 5.74) is -0.110. The van der Waals surface area contributed by atoms with Crippen molar-refractivity contribution in [2.24, 2.45) is 5.84 Å². The van der Waals surface area contributed by atoms with Crippen LogP contribution < -0.4 is 10.9 Å². The number of anilines is 1. The third-order valence-electron chi connectivity index (χ3n) is 2.90. The van der Waals surface area contributed by atoms with Crippen molar-refractivity contribution in [3.8, 4) is 0 Å². The maximum atomic E-state index is 10.6. The first-order valence-electron chi connectivity index (χ1n) is 5.41. The van der Waals surface area contributed by atoms with E-state index < -0.39 is 5.97 Å². The number of aromatic nitrogens is 1. The smallest absolute Gasteiger partial charge is 0.357 e. The molecule has 0 aromatic carbocycles. The highest BCUT2D eigenvalue weighted by Gasteiger charge is 2.23. The molecule has 6 heteroatoms. The molecule has 1 aromatic heterocycles. The number of aromatic carboxylic acids is 1. The highest BCUT2D eigenvalue weighted by molar-refractivity contribution is 5.85. The molecule has 0 saturated heterocycles. The van der Waals surface area contributed by atoms with Crippen molar-refractivity contribution in [3.05, 3.63) is 12.0 Å². The molecule has 0 bridgehead atoms. The second-order valence-corrected chi connectivity index (χ2v) is 4.02. The number of carbonyl (C=O) groups is 1. The van der Waals surface area contributed by atoms with Gasteiger partial charge in [0.2, 0.25) is 0 Å². The van der Waals surface area contributed by atoms with Crippen molar-refractivity contribution in [1.82, 2.24) is 4.98 Å². The molecule has 0 spiro atoms. The molecule has 1 aliphatic rings. The molecule has 1 heterocycles.